The molecule has 218 valence electrons. The van der Waals surface area contributed by atoms with Crippen LogP contribution >= 0.6 is 0 Å². The molecule has 0 radical (unpaired) electrons. The highest BCUT2D eigenvalue weighted by molar-refractivity contribution is 7.89. The lowest BCUT2D eigenvalue weighted by molar-refractivity contribution is -0.0372. The van der Waals surface area contributed by atoms with E-state index < -0.39 is 61.5 Å². The van der Waals surface area contributed by atoms with Crippen molar-refractivity contribution < 1.29 is 35.8 Å². The summed E-state index contributed by atoms with van der Waals surface area (Å²) < 4.78 is 88.2. The molecule has 1 unspecified atom stereocenters. The van der Waals surface area contributed by atoms with Crippen molar-refractivity contribution in [2.75, 3.05) is 13.7 Å². The summed E-state index contributed by atoms with van der Waals surface area (Å²) in [7, 11) is -3.53. The number of nitrogens with zero attached hydrogens (tertiary/aromatic N) is 4. The van der Waals surface area contributed by atoms with Crippen LogP contribution in [0.2, 0.25) is 0 Å². The van der Waals surface area contributed by atoms with Crippen molar-refractivity contribution in [3.05, 3.63) is 59.3 Å². The average molecular weight is 592 g/mol. The topological polar surface area (TPSA) is 131 Å². The molecule has 0 bridgehead atoms. The van der Waals surface area contributed by atoms with Gasteiger partial charge in [-0.25, -0.2) is 41.4 Å². The van der Waals surface area contributed by atoms with Gasteiger partial charge in [-0.3, -0.25) is 0 Å². The third kappa shape index (κ3) is 5.46. The van der Waals surface area contributed by atoms with E-state index in [4.69, 9.17) is 24.4 Å². The third-order valence-corrected chi connectivity index (χ3v) is 7.74. The molecule has 0 spiro atoms. The van der Waals surface area contributed by atoms with E-state index in [1.807, 2.05) is 13.8 Å². The molecule has 1 aliphatic rings. The summed E-state index contributed by atoms with van der Waals surface area (Å²) in [4.78, 5) is 7.21. The van der Waals surface area contributed by atoms with Crippen LogP contribution in [0.25, 0.3) is 22.2 Å². The van der Waals surface area contributed by atoms with E-state index in [2.05, 4.69) is 9.97 Å². The molecular weight excluding hydrogens is 563 g/mol. The molecule has 1 saturated heterocycles. The molecule has 10 nitrogen and oxygen atoms in total. The molecule has 1 fully saturated rings. The molecule has 3 aromatic heterocycles. The maximum absolute atomic E-state index is 15.7. The second-order valence-corrected chi connectivity index (χ2v) is 11.4. The van der Waals surface area contributed by atoms with Crippen molar-refractivity contribution in [3.63, 3.8) is 0 Å². The number of halogens is 3. The van der Waals surface area contributed by atoms with Crippen molar-refractivity contribution in [2.45, 2.75) is 56.8 Å². The highest BCUT2D eigenvalue weighted by Crippen LogP contribution is 2.38. The van der Waals surface area contributed by atoms with Gasteiger partial charge in [0.2, 0.25) is 15.9 Å². The van der Waals surface area contributed by atoms with Gasteiger partial charge in [-0.1, -0.05) is 13.8 Å². The van der Waals surface area contributed by atoms with E-state index >= 15 is 4.39 Å². The van der Waals surface area contributed by atoms with Gasteiger partial charge in [-0.2, -0.15) is 5.10 Å². The van der Waals surface area contributed by atoms with E-state index in [9.17, 15) is 17.2 Å². The van der Waals surface area contributed by atoms with Crippen molar-refractivity contribution in [3.8, 4) is 22.8 Å². The van der Waals surface area contributed by atoms with Gasteiger partial charge >= 0.3 is 0 Å². The summed E-state index contributed by atoms with van der Waals surface area (Å²) in [5.41, 5.74) is -0.487. The lowest BCUT2D eigenvalue weighted by atomic mass is 10.0. The van der Waals surface area contributed by atoms with Gasteiger partial charge in [-0.15, -0.1) is 0 Å². The molecule has 0 aliphatic carbocycles. The van der Waals surface area contributed by atoms with Crippen LogP contribution in [0.15, 0.2) is 35.5 Å². The van der Waals surface area contributed by atoms with Gasteiger partial charge in [0.1, 0.15) is 24.0 Å². The van der Waals surface area contributed by atoms with E-state index in [-0.39, 0.29) is 17.9 Å². The normalized spacial score (nSPS) is 16.0. The van der Waals surface area contributed by atoms with Gasteiger partial charge in [0.25, 0.3) is 0 Å². The molecule has 4 heterocycles. The van der Waals surface area contributed by atoms with Gasteiger partial charge < -0.3 is 14.2 Å². The summed E-state index contributed by atoms with van der Waals surface area (Å²) in [6.07, 6.45) is 4.64. The van der Waals surface area contributed by atoms with Crippen LogP contribution in [0.3, 0.4) is 0 Å². The van der Waals surface area contributed by atoms with E-state index in [0.29, 0.717) is 23.8 Å². The SMILES string of the molecule is COc1ncc(F)c(-c2ccc(F)c(COc3cnc4c(c3)c(C(C)C)nn4C3CCCCO3)c2F)c1S(N)(=O)=O. The number of benzene rings is 1. The Morgan fingerprint density at radius 2 is 1.93 bits per heavy atom. The van der Waals surface area contributed by atoms with E-state index in [1.165, 1.54) is 6.20 Å². The Bertz CT molecular complexity index is 1720. The number of methoxy groups -OCH3 is 1. The first-order valence-corrected chi connectivity index (χ1v) is 14.4. The first-order valence-electron chi connectivity index (χ1n) is 12.9. The zero-order chi connectivity index (χ0) is 29.5. The number of ether oxygens (including phenoxy) is 3. The van der Waals surface area contributed by atoms with Crippen LogP contribution in [-0.4, -0.2) is 41.9 Å². The molecule has 5 rings (SSSR count). The molecule has 1 aliphatic heterocycles. The first kappa shape index (κ1) is 28.8. The molecule has 1 aromatic carbocycles. The first-order chi connectivity index (χ1) is 19.5. The molecule has 14 heteroatoms. The summed E-state index contributed by atoms with van der Waals surface area (Å²) in [6.45, 7) is 4.00. The summed E-state index contributed by atoms with van der Waals surface area (Å²) >= 11 is 0. The number of hydrogen-bond acceptors (Lipinski definition) is 8. The minimum Gasteiger partial charge on any atom is -0.487 e. The highest BCUT2D eigenvalue weighted by atomic mass is 32.2. The number of hydrogen-bond donors (Lipinski definition) is 1. The van der Waals surface area contributed by atoms with E-state index in [0.717, 1.165) is 44.2 Å². The number of nitrogens with two attached hydrogens (primary N) is 1. The van der Waals surface area contributed by atoms with Crippen LogP contribution in [0.1, 0.15) is 56.5 Å². The molecule has 0 saturated carbocycles. The van der Waals surface area contributed by atoms with Crippen molar-refractivity contribution in [1.82, 2.24) is 19.7 Å². The molecule has 1 atom stereocenters. The molecule has 0 amide bonds. The van der Waals surface area contributed by atoms with Crippen LogP contribution < -0.4 is 14.6 Å². The quantitative estimate of drug-likeness (QED) is 0.304. The predicted molar refractivity (Wildman–Crippen MR) is 142 cm³/mol. The minimum atomic E-state index is -4.62. The predicted octanol–water partition coefficient (Wildman–Crippen LogP) is 4.97. The summed E-state index contributed by atoms with van der Waals surface area (Å²) in [5, 5.41) is 10.7. The number of pyridine rings is 2. The fourth-order valence-electron chi connectivity index (χ4n) is 4.84. The molecule has 4 aromatic rings. The Kier molecular flexibility index (Phi) is 7.90. The Balaban J connectivity index is 1.51. The fraction of sp³-hybridized carbons (Fsp3) is 0.370. The number of rotatable bonds is 8. The molecular formula is C27H28F3N5O5S. The van der Waals surface area contributed by atoms with Gasteiger partial charge in [0, 0.05) is 23.1 Å². The largest absolute Gasteiger partial charge is 0.487 e. The smallest absolute Gasteiger partial charge is 0.244 e. The maximum atomic E-state index is 15.7. The van der Waals surface area contributed by atoms with Gasteiger partial charge in [0.05, 0.1) is 30.8 Å². The lowest BCUT2D eigenvalue weighted by Gasteiger charge is -2.23. The van der Waals surface area contributed by atoms with Crippen LogP contribution in [0.4, 0.5) is 13.2 Å². The Hall–Kier alpha value is -3.75. The second kappa shape index (κ2) is 11.3. The Morgan fingerprint density at radius 1 is 1.15 bits per heavy atom. The zero-order valence-electron chi connectivity index (χ0n) is 22.5. The number of sulfonamides is 1. The van der Waals surface area contributed by atoms with Crippen LogP contribution in [-0.2, 0) is 21.4 Å². The maximum Gasteiger partial charge on any atom is 0.244 e. The monoisotopic (exact) mass is 591 g/mol. The summed E-state index contributed by atoms with van der Waals surface area (Å²) in [6, 6.07) is 3.48. The molecule has 41 heavy (non-hydrogen) atoms. The highest BCUT2D eigenvalue weighted by Gasteiger charge is 2.29. The van der Waals surface area contributed by atoms with Gasteiger partial charge in [-0.05, 0) is 43.4 Å². The summed E-state index contributed by atoms with van der Waals surface area (Å²) in [5.74, 6) is -3.68. The number of aromatic nitrogens is 4. The van der Waals surface area contributed by atoms with E-state index in [1.54, 1.807) is 10.7 Å². The lowest BCUT2D eigenvalue weighted by Crippen LogP contribution is -2.19. The minimum absolute atomic E-state index is 0.0474. The zero-order valence-corrected chi connectivity index (χ0v) is 23.3. The van der Waals surface area contributed by atoms with Crippen molar-refractivity contribution in [1.29, 1.82) is 0 Å². The molecule has 2 N–H and O–H groups in total. The van der Waals surface area contributed by atoms with Crippen LogP contribution in [0, 0.1) is 17.5 Å². The van der Waals surface area contributed by atoms with Crippen molar-refractivity contribution >= 4 is 21.1 Å². The Morgan fingerprint density at radius 3 is 2.59 bits per heavy atom. The van der Waals surface area contributed by atoms with Crippen LogP contribution in [0.5, 0.6) is 11.6 Å². The Labute approximate surface area is 234 Å². The van der Waals surface area contributed by atoms with Gasteiger partial charge in [0.15, 0.2) is 22.6 Å². The number of fused-ring (bicyclic) bond motifs is 1. The second-order valence-electron chi connectivity index (χ2n) is 9.89. The third-order valence-electron chi connectivity index (χ3n) is 6.80. The average Bonchev–Trinajstić information content (AvgIpc) is 3.32. The fourth-order valence-corrected chi connectivity index (χ4v) is 5.71. The number of primary sulfonamides is 1. The standard InChI is InChI=1S/C27H28F3N5O5S/c1-14(2)24-17-10-15(11-32-26(17)35(34-24)21-6-4-5-9-39-21)40-13-18-19(28)8-7-16(23(18)30)22-20(29)12-33-27(38-3)25(22)41(31,36)37/h7-8,10-12,14,21H,4-6,9,13H2,1-3H3,(H2,31,36,37). The van der Waals surface area contributed by atoms with Crippen molar-refractivity contribution in [2.24, 2.45) is 5.14 Å².